The number of aromatic hydroxyl groups is 1. The summed E-state index contributed by atoms with van der Waals surface area (Å²) in [5, 5.41) is 30.9. The molecule has 0 aromatic heterocycles. The summed E-state index contributed by atoms with van der Waals surface area (Å²) in [4.78, 5) is 3.31. The second-order valence-electron chi connectivity index (χ2n) is 5.60. The van der Waals surface area contributed by atoms with Gasteiger partial charge in [0.05, 0.1) is 19.0 Å². The highest BCUT2D eigenvalue weighted by Crippen LogP contribution is 2.42. The number of phenolic OH excluding ortho intramolecular Hbond substituents is 1. The lowest BCUT2D eigenvalue weighted by atomic mass is 10.0. The van der Waals surface area contributed by atoms with Gasteiger partial charge in [-0.25, -0.2) is 0 Å². The monoisotopic (exact) mass is 314 g/mol. The summed E-state index contributed by atoms with van der Waals surface area (Å²) < 4.78 is 0. The van der Waals surface area contributed by atoms with Crippen molar-refractivity contribution in [1.29, 1.82) is 5.26 Å². The fourth-order valence-corrected chi connectivity index (χ4v) is 3.05. The molecule has 0 fully saturated rings. The normalized spacial score (nSPS) is 11.6. The first-order chi connectivity index (χ1) is 11.8. The molecule has 0 bridgehead atoms. The van der Waals surface area contributed by atoms with Crippen LogP contribution < -0.4 is 0 Å². The van der Waals surface area contributed by atoms with E-state index in [1.165, 1.54) is 0 Å². The second-order valence-corrected chi connectivity index (χ2v) is 5.60. The van der Waals surface area contributed by atoms with Crippen LogP contribution in [-0.4, -0.2) is 16.6 Å². The Morgan fingerprint density at radius 1 is 1.04 bits per heavy atom. The van der Waals surface area contributed by atoms with Crippen LogP contribution in [0.4, 0.5) is 5.82 Å². The molecule has 2 aromatic rings. The lowest BCUT2D eigenvalue weighted by molar-refractivity contribution is 0.476. The molecule has 2 aromatic carbocycles. The number of phenols is 1. The van der Waals surface area contributed by atoms with Crippen LogP contribution in [0.5, 0.6) is 5.75 Å². The van der Waals surface area contributed by atoms with E-state index >= 15 is 0 Å². The smallest absolute Gasteiger partial charge is 0.160 e. The Balaban J connectivity index is 2.02. The summed E-state index contributed by atoms with van der Waals surface area (Å²) in [6.07, 6.45) is 0.329. The Labute approximate surface area is 138 Å². The SMILES string of the molecule is N#CCCN=Nc1[nH]c2cc3ccccc3c-2c2ccc(O)cc12. The van der Waals surface area contributed by atoms with Gasteiger partial charge in [-0.3, -0.25) is 0 Å². The molecule has 4 rings (SSSR count). The Morgan fingerprint density at radius 2 is 1.92 bits per heavy atom. The second kappa shape index (κ2) is 5.67. The number of benzene rings is 2. The predicted octanol–water partition coefficient (Wildman–Crippen LogP) is 5.13. The molecular weight excluding hydrogens is 300 g/mol. The first-order valence-electron chi connectivity index (χ1n) is 7.68. The van der Waals surface area contributed by atoms with Gasteiger partial charge in [-0.1, -0.05) is 24.3 Å². The van der Waals surface area contributed by atoms with Crippen molar-refractivity contribution in [2.45, 2.75) is 6.42 Å². The van der Waals surface area contributed by atoms with E-state index in [2.05, 4.69) is 33.4 Å². The van der Waals surface area contributed by atoms with Crippen molar-refractivity contribution in [3.8, 4) is 23.1 Å². The van der Waals surface area contributed by atoms with Crippen molar-refractivity contribution in [2.75, 3.05) is 6.54 Å². The number of hydrogen-bond acceptors (Lipinski definition) is 4. The van der Waals surface area contributed by atoms with Crippen LogP contribution in [0.3, 0.4) is 0 Å². The number of azo groups is 1. The Hall–Kier alpha value is -3.39. The summed E-state index contributed by atoms with van der Waals surface area (Å²) in [7, 11) is 0. The van der Waals surface area contributed by atoms with Crippen LogP contribution in [0, 0.1) is 11.3 Å². The highest BCUT2D eigenvalue weighted by atomic mass is 16.3. The topological polar surface area (TPSA) is 84.5 Å². The molecule has 116 valence electrons. The van der Waals surface area contributed by atoms with Crippen LogP contribution in [0.15, 0.2) is 58.8 Å². The fourth-order valence-electron chi connectivity index (χ4n) is 3.05. The van der Waals surface area contributed by atoms with Crippen molar-refractivity contribution >= 4 is 27.4 Å². The number of nitrogens with one attached hydrogen (secondary N) is 1. The van der Waals surface area contributed by atoms with Gasteiger partial charge in [-0.2, -0.15) is 10.4 Å². The third kappa shape index (κ3) is 2.25. The summed E-state index contributed by atoms with van der Waals surface area (Å²) >= 11 is 0. The van der Waals surface area contributed by atoms with Gasteiger partial charge >= 0.3 is 0 Å². The number of nitrogens with zero attached hydrogens (tertiary/aromatic N) is 3. The van der Waals surface area contributed by atoms with E-state index in [0.29, 0.717) is 18.8 Å². The summed E-state index contributed by atoms with van der Waals surface area (Å²) in [5.74, 6) is 0.765. The maximum absolute atomic E-state index is 9.87. The molecule has 2 aliphatic rings. The standard InChI is InChI=1S/C19H14N4O/c20-8-3-9-21-23-19-16-11-13(24)6-7-15(16)18-14-5-2-1-4-12(14)10-17(18)22-19/h1-2,4-7,10-11,22,24H,3,9H2. The number of aromatic amines is 1. The molecule has 5 nitrogen and oxygen atoms in total. The number of H-pyrrole nitrogens is 1. The molecule has 0 saturated carbocycles. The molecule has 0 atom stereocenters. The number of aromatic nitrogens is 1. The van der Waals surface area contributed by atoms with Gasteiger partial charge < -0.3 is 10.1 Å². The average Bonchev–Trinajstić information content (AvgIpc) is 2.97. The molecule has 0 saturated heterocycles. The Morgan fingerprint density at radius 3 is 2.79 bits per heavy atom. The molecule has 0 radical (unpaired) electrons. The van der Waals surface area contributed by atoms with Crippen LogP contribution in [0.2, 0.25) is 0 Å². The average molecular weight is 314 g/mol. The van der Waals surface area contributed by atoms with E-state index in [-0.39, 0.29) is 5.75 Å². The van der Waals surface area contributed by atoms with E-state index in [4.69, 9.17) is 5.26 Å². The van der Waals surface area contributed by atoms with Crippen LogP contribution >= 0.6 is 0 Å². The first-order valence-corrected chi connectivity index (χ1v) is 7.68. The lowest BCUT2D eigenvalue weighted by Crippen LogP contribution is -1.87. The molecule has 0 unspecified atom stereocenters. The molecule has 5 heteroatoms. The van der Waals surface area contributed by atoms with Gasteiger partial charge in [0, 0.05) is 16.6 Å². The lowest BCUT2D eigenvalue weighted by Gasteiger charge is -2.10. The molecule has 24 heavy (non-hydrogen) atoms. The Bertz CT molecular complexity index is 1090. The van der Waals surface area contributed by atoms with Crippen molar-refractivity contribution in [2.24, 2.45) is 10.2 Å². The van der Waals surface area contributed by atoms with Crippen LogP contribution in [0.1, 0.15) is 6.42 Å². The zero-order chi connectivity index (χ0) is 16.5. The minimum atomic E-state index is 0.180. The highest BCUT2D eigenvalue weighted by molar-refractivity contribution is 6.14. The van der Waals surface area contributed by atoms with Gasteiger partial charge in [-0.15, -0.1) is 5.11 Å². The minimum absolute atomic E-state index is 0.180. The zero-order valence-corrected chi connectivity index (χ0v) is 12.8. The quantitative estimate of drug-likeness (QED) is 0.406. The van der Waals surface area contributed by atoms with Gasteiger partial charge in [-0.05, 0) is 40.4 Å². The Kier molecular flexibility index (Phi) is 3.36. The summed E-state index contributed by atoms with van der Waals surface area (Å²) in [6, 6.07) is 17.6. The van der Waals surface area contributed by atoms with Crippen molar-refractivity contribution in [3.63, 3.8) is 0 Å². The van der Waals surface area contributed by atoms with E-state index in [1.807, 2.05) is 24.3 Å². The number of nitriles is 1. The first kappa shape index (κ1) is 14.2. The van der Waals surface area contributed by atoms with E-state index in [1.54, 1.807) is 12.1 Å². The molecular formula is C19H14N4O. The molecule has 1 heterocycles. The summed E-state index contributed by atoms with van der Waals surface area (Å²) in [6.45, 7) is 0.353. The molecule has 2 N–H and O–H groups in total. The predicted molar refractivity (Wildman–Crippen MR) is 93.7 cm³/mol. The van der Waals surface area contributed by atoms with E-state index in [0.717, 1.165) is 32.8 Å². The number of pyridine rings is 1. The minimum Gasteiger partial charge on any atom is -0.508 e. The number of hydrogen-bond donors (Lipinski definition) is 2. The third-order valence-electron chi connectivity index (χ3n) is 4.07. The van der Waals surface area contributed by atoms with Gasteiger partial charge in [0.1, 0.15) is 5.75 Å². The molecule has 0 spiro atoms. The number of rotatable bonds is 3. The summed E-state index contributed by atoms with van der Waals surface area (Å²) in [5.41, 5.74) is 2.08. The maximum atomic E-state index is 9.87. The van der Waals surface area contributed by atoms with Crippen LogP contribution in [-0.2, 0) is 0 Å². The third-order valence-corrected chi connectivity index (χ3v) is 4.07. The van der Waals surface area contributed by atoms with Gasteiger partial charge in [0.25, 0.3) is 0 Å². The molecule has 1 aliphatic heterocycles. The fraction of sp³-hybridized carbons (Fsp3) is 0.105. The number of fused-ring (bicyclic) bond motifs is 5. The highest BCUT2D eigenvalue weighted by Gasteiger charge is 2.17. The zero-order valence-electron chi connectivity index (χ0n) is 12.8. The largest absolute Gasteiger partial charge is 0.508 e. The van der Waals surface area contributed by atoms with Gasteiger partial charge in [0.15, 0.2) is 5.82 Å². The van der Waals surface area contributed by atoms with Crippen molar-refractivity contribution in [1.82, 2.24) is 4.98 Å². The molecule has 0 amide bonds. The van der Waals surface area contributed by atoms with E-state index < -0.39 is 0 Å². The van der Waals surface area contributed by atoms with Crippen molar-refractivity contribution in [3.05, 3.63) is 48.5 Å². The van der Waals surface area contributed by atoms with E-state index in [9.17, 15) is 5.11 Å². The van der Waals surface area contributed by atoms with Crippen molar-refractivity contribution < 1.29 is 5.11 Å². The van der Waals surface area contributed by atoms with Gasteiger partial charge in [0.2, 0.25) is 0 Å². The maximum Gasteiger partial charge on any atom is 0.160 e. The van der Waals surface area contributed by atoms with Crippen LogP contribution in [0.25, 0.3) is 32.8 Å². The molecule has 1 aliphatic carbocycles.